The molecule has 33 heavy (non-hydrogen) atoms. The van der Waals surface area contributed by atoms with E-state index < -0.39 is 28.3 Å². The molecule has 3 aromatic carbocycles. The Kier molecular flexibility index (Phi) is 6.05. The van der Waals surface area contributed by atoms with Gasteiger partial charge in [-0.15, -0.1) is 0 Å². The van der Waals surface area contributed by atoms with Gasteiger partial charge in [0.2, 0.25) is 5.91 Å². The summed E-state index contributed by atoms with van der Waals surface area (Å²) < 4.78 is 44.2. The fourth-order valence-corrected chi connectivity index (χ4v) is 5.68. The predicted molar refractivity (Wildman–Crippen MR) is 128 cm³/mol. The summed E-state index contributed by atoms with van der Waals surface area (Å²) in [5.74, 6) is -1.42. The van der Waals surface area contributed by atoms with Crippen LogP contribution in [0.25, 0.3) is 10.2 Å². The largest absolute Gasteiger partial charge is 0.324 e. The number of nitrogens with zero attached hydrogens (tertiary/aromatic N) is 2. The molecular formula is C23H20FN3O4S2. The highest BCUT2D eigenvalue weighted by atomic mass is 32.2. The third-order valence-corrected chi connectivity index (χ3v) is 7.86. The van der Waals surface area contributed by atoms with Crippen LogP contribution >= 0.6 is 11.3 Å². The van der Waals surface area contributed by atoms with E-state index in [1.807, 2.05) is 6.92 Å². The molecule has 1 amide bonds. The van der Waals surface area contributed by atoms with Crippen molar-refractivity contribution in [1.82, 2.24) is 4.57 Å². The molecule has 0 radical (unpaired) electrons. The van der Waals surface area contributed by atoms with Crippen LogP contribution in [0.15, 0.2) is 76.4 Å². The maximum atomic E-state index is 14.6. The monoisotopic (exact) mass is 485 g/mol. The zero-order chi connectivity index (χ0) is 23.8. The van der Waals surface area contributed by atoms with Gasteiger partial charge in [0.05, 0.1) is 20.8 Å². The van der Waals surface area contributed by atoms with Crippen molar-refractivity contribution in [2.45, 2.75) is 11.8 Å². The highest BCUT2D eigenvalue weighted by Crippen LogP contribution is 2.27. The summed E-state index contributed by atoms with van der Waals surface area (Å²) in [4.78, 5) is 24.5. The van der Waals surface area contributed by atoms with E-state index in [0.717, 1.165) is 32.8 Å². The Balaban J connectivity index is 1.66. The van der Waals surface area contributed by atoms with Gasteiger partial charge in [-0.25, -0.2) is 12.8 Å². The average molecular weight is 486 g/mol. The maximum Gasteiger partial charge on any atom is 0.307 e. The van der Waals surface area contributed by atoms with Gasteiger partial charge in [-0.3, -0.25) is 13.9 Å². The molecule has 7 nitrogen and oxygen atoms in total. The molecule has 1 heterocycles. The molecule has 1 aromatic heterocycles. The first-order valence-corrected chi connectivity index (χ1v) is 12.2. The minimum absolute atomic E-state index is 0.0559. The van der Waals surface area contributed by atoms with Crippen LogP contribution in [0.1, 0.15) is 5.56 Å². The molecule has 170 valence electrons. The van der Waals surface area contributed by atoms with Crippen molar-refractivity contribution < 1.29 is 17.6 Å². The average Bonchev–Trinajstić information content (AvgIpc) is 3.06. The van der Waals surface area contributed by atoms with Gasteiger partial charge in [0.25, 0.3) is 10.0 Å². The van der Waals surface area contributed by atoms with E-state index in [1.54, 1.807) is 37.4 Å². The Morgan fingerprint density at radius 3 is 2.48 bits per heavy atom. The maximum absolute atomic E-state index is 14.6. The van der Waals surface area contributed by atoms with Gasteiger partial charge in [0.15, 0.2) is 0 Å². The second-order valence-electron chi connectivity index (χ2n) is 7.43. The number of hydrogen-bond donors (Lipinski definition) is 1. The van der Waals surface area contributed by atoms with Crippen molar-refractivity contribution in [3.63, 3.8) is 0 Å². The van der Waals surface area contributed by atoms with Gasteiger partial charge in [-0.05, 0) is 49.4 Å². The number of hydrogen-bond acceptors (Lipinski definition) is 5. The summed E-state index contributed by atoms with van der Waals surface area (Å²) >= 11 is 1.04. The van der Waals surface area contributed by atoms with Crippen LogP contribution in [0.4, 0.5) is 15.8 Å². The van der Waals surface area contributed by atoms with Gasteiger partial charge >= 0.3 is 4.87 Å². The number of thiazole rings is 1. The molecule has 0 saturated carbocycles. The molecule has 0 aliphatic heterocycles. The Bertz CT molecular complexity index is 1510. The molecule has 0 fully saturated rings. The topological polar surface area (TPSA) is 88.5 Å². The normalized spacial score (nSPS) is 11.5. The number of anilines is 2. The molecule has 0 aliphatic carbocycles. The number of sulfonamides is 1. The van der Waals surface area contributed by atoms with Crippen molar-refractivity contribution in [2.75, 3.05) is 16.2 Å². The van der Waals surface area contributed by atoms with Crippen molar-refractivity contribution in [1.29, 1.82) is 0 Å². The lowest BCUT2D eigenvalue weighted by atomic mass is 10.2. The van der Waals surface area contributed by atoms with Crippen molar-refractivity contribution >= 4 is 48.9 Å². The lowest BCUT2D eigenvalue weighted by Crippen LogP contribution is -2.38. The van der Waals surface area contributed by atoms with Gasteiger partial charge in [-0.1, -0.05) is 41.2 Å². The smallest absolute Gasteiger partial charge is 0.307 e. The van der Waals surface area contributed by atoms with E-state index in [4.69, 9.17) is 0 Å². The Morgan fingerprint density at radius 2 is 1.79 bits per heavy atom. The number of carbonyl (C=O) groups excluding carboxylic acids is 1. The number of amides is 1. The summed E-state index contributed by atoms with van der Waals surface area (Å²) in [6.07, 6.45) is 0. The lowest BCUT2D eigenvalue weighted by molar-refractivity contribution is -0.114. The molecule has 1 N–H and O–H groups in total. The van der Waals surface area contributed by atoms with Crippen LogP contribution in [0.2, 0.25) is 0 Å². The summed E-state index contributed by atoms with van der Waals surface area (Å²) in [5, 5.41) is 2.64. The van der Waals surface area contributed by atoms with E-state index in [0.29, 0.717) is 10.4 Å². The lowest BCUT2D eigenvalue weighted by Gasteiger charge is -2.24. The fourth-order valence-electron chi connectivity index (χ4n) is 3.33. The molecule has 0 saturated heterocycles. The first kappa shape index (κ1) is 22.7. The zero-order valence-corrected chi connectivity index (χ0v) is 19.4. The zero-order valence-electron chi connectivity index (χ0n) is 17.8. The SMILES string of the molecule is Cc1ccc(S(=O)(=O)N(CC(=O)Nc2ccc3c(c2)sc(=O)n3C)c2ccccc2F)cc1. The van der Waals surface area contributed by atoms with E-state index in [-0.39, 0.29) is 15.5 Å². The Hall–Kier alpha value is -3.50. The summed E-state index contributed by atoms with van der Waals surface area (Å²) in [7, 11) is -2.57. The van der Waals surface area contributed by atoms with Crippen molar-refractivity contribution in [3.8, 4) is 0 Å². The Morgan fingerprint density at radius 1 is 1.09 bits per heavy atom. The van der Waals surface area contributed by atoms with Crippen LogP contribution in [0.3, 0.4) is 0 Å². The van der Waals surface area contributed by atoms with E-state index >= 15 is 0 Å². The molecule has 4 aromatic rings. The summed E-state index contributed by atoms with van der Waals surface area (Å²) in [6, 6.07) is 16.4. The van der Waals surface area contributed by atoms with E-state index in [1.165, 1.54) is 34.9 Å². The molecule has 0 aliphatic rings. The third-order valence-electron chi connectivity index (χ3n) is 5.09. The van der Waals surface area contributed by atoms with Gasteiger partial charge < -0.3 is 9.88 Å². The second-order valence-corrected chi connectivity index (χ2v) is 10.3. The number of benzene rings is 3. The first-order valence-electron chi connectivity index (χ1n) is 9.90. The number of nitrogens with one attached hydrogen (secondary N) is 1. The third kappa shape index (κ3) is 4.53. The van der Waals surface area contributed by atoms with Crippen molar-refractivity contribution in [3.05, 3.63) is 87.8 Å². The number of fused-ring (bicyclic) bond motifs is 1. The van der Waals surface area contributed by atoms with Gasteiger partial charge in [-0.2, -0.15) is 0 Å². The quantitative estimate of drug-likeness (QED) is 0.449. The summed E-state index contributed by atoms with van der Waals surface area (Å²) in [6.45, 7) is 1.18. The molecule has 0 unspecified atom stereocenters. The number of rotatable bonds is 6. The fraction of sp³-hybridized carbons (Fsp3) is 0.130. The van der Waals surface area contributed by atoms with Crippen LogP contribution in [0.5, 0.6) is 0 Å². The first-order chi connectivity index (χ1) is 15.7. The second kappa shape index (κ2) is 8.80. The minimum Gasteiger partial charge on any atom is -0.324 e. The molecule has 0 bridgehead atoms. The van der Waals surface area contributed by atoms with Crippen LogP contribution < -0.4 is 14.5 Å². The number of halogens is 1. The van der Waals surface area contributed by atoms with Gasteiger partial charge in [0, 0.05) is 12.7 Å². The van der Waals surface area contributed by atoms with E-state index in [9.17, 15) is 22.4 Å². The number of aryl methyl sites for hydroxylation is 2. The number of para-hydroxylation sites is 1. The van der Waals surface area contributed by atoms with Crippen LogP contribution in [0, 0.1) is 12.7 Å². The molecular weight excluding hydrogens is 465 g/mol. The number of carbonyl (C=O) groups is 1. The highest BCUT2D eigenvalue weighted by Gasteiger charge is 2.29. The minimum atomic E-state index is -4.23. The molecule has 0 spiro atoms. The van der Waals surface area contributed by atoms with Gasteiger partial charge in [0.1, 0.15) is 12.4 Å². The highest BCUT2D eigenvalue weighted by molar-refractivity contribution is 7.92. The molecule has 0 atom stereocenters. The Labute approximate surface area is 193 Å². The van der Waals surface area contributed by atoms with Crippen LogP contribution in [-0.4, -0.2) is 25.4 Å². The predicted octanol–water partition coefficient (Wildman–Crippen LogP) is 3.88. The number of aromatic nitrogens is 1. The van der Waals surface area contributed by atoms with E-state index in [2.05, 4.69) is 5.32 Å². The standard InChI is InChI=1S/C23H20FN3O4S2/c1-15-7-10-17(11-8-15)33(30,31)27(19-6-4-3-5-18(19)24)14-22(28)25-16-9-12-20-21(13-16)32-23(29)26(20)2/h3-13H,14H2,1-2H3,(H,25,28). The summed E-state index contributed by atoms with van der Waals surface area (Å²) in [5.41, 5.74) is 1.75. The van der Waals surface area contributed by atoms with Crippen molar-refractivity contribution in [2.24, 2.45) is 7.05 Å². The molecule has 4 rings (SSSR count). The molecule has 10 heteroatoms. The van der Waals surface area contributed by atoms with Crippen LogP contribution in [-0.2, 0) is 21.9 Å².